The number of nitrogens with one attached hydrogen (secondary N) is 2. The van der Waals surface area contributed by atoms with Gasteiger partial charge in [-0.1, -0.05) is 12.1 Å². The van der Waals surface area contributed by atoms with Gasteiger partial charge >= 0.3 is 6.03 Å². The number of hydrogen-bond acceptors (Lipinski definition) is 7. The molecular formula is C25H37N5O4. The van der Waals surface area contributed by atoms with Crippen molar-refractivity contribution in [3.05, 3.63) is 42.0 Å². The number of methoxy groups -OCH3 is 3. The van der Waals surface area contributed by atoms with Crippen molar-refractivity contribution in [1.82, 2.24) is 15.1 Å². The Balaban J connectivity index is 1.72. The third kappa shape index (κ3) is 6.24. The second kappa shape index (κ2) is 11.8. The average molecular weight is 472 g/mol. The molecule has 2 amide bonds. The predicted molar refractivity (Wildman–Crippen MR) is 136 cm³/mol. The third-order valence-electron chi connectivity index (χ3n) is 6.15. The van der Waals surface area contributed by atoms with Crippen LogP contribution in [0.4, 0.5) is 16.2 Å². The Morgan fingerprint density at radius 2 is 1.56 bits per heavy atom. The molecule has 0 saturated carbocycles. The van der Waals surface area contributed by atoms with Crippen LogP contribution in [0.2, 0.25) is 0 Å². The summed E-state index contributed by atoms with van der Waals surface area (Å²) in [5.74, 6) is 1.44. The van der Waals surface area contributed by atoms with Crippen molar-refractivity contribution in [2.45, 2.75) is 6.04 Å². The summed E-state index contributed by atoms with van der Waals surface area (Å²) in [5.41, 5.74) is 2.88. The zero-order valence-corrected chi connectivity index (χ0v) is 21.1. The van der Waals surface area contributed by atoms with Gasteiger partial charge in [0.2, 0.25) is 5.75 Å². The number of nitrogens with zero attached hydrogens (tertiary/aromatic N) is 3. The maximum atomic E-state index is 12.8. The van der Waals surface area contributed by atoms with E-state index in [4.69, 9.17) is 14.2 Å². The van der Waals surface area contributed by atoms with E-state index in [1.54, 1.807) is 33.5 Å². The number of carbonyl (C=O) groups is 1. The largest absolute Gasteiger partial charge is 0.493 e. The lowest BCUT2D eigenvalue weighted by Crippen LogP contribution is -2.48. The standard InChI is InChI=1S/C25H37N5O4/c1-28(2)20-9-7-18(8-10-20)21(30-13-11-29(3)12-14-30)17-26-25(31)27-19-15-22(32-4)24(34-6)23(16-19)33-5/h7-10,15-16,21H,11-14,17H2,1-6H3,(H2,26,27,31). The Morgan fingerprint density at radius 1 is 0.971 bits per heavy atom. The molecule has 0 spiro atoms. The molecule has 1 saturated heterocycles. The lowest BCUT2D eigenvalue weighted by atomic mass is 10.0. The summed E-state index contributed by atoms with van der Waals surface area (Å²) in [4.78, 5) is 19.7. The van der Waals surface area contributed by atoms with Crippen LogP contribution in [0.1, 0.15) is 11.6 Å². The quantitative estimate of drug-likeness (QED) is 0.582. The number of amides is 2. The first-order valence-electron chi connectivity index (χ1n) is 11.4. The first-order chi connectivity index (χ1) is 16.4. The van der Waals surface area contributed by atoms with Crippen LogP contribution in [0.15, 0.2) is 36.4 Å². The van der Waals surface area contributed by atoms with E-state index in [0.717, 1.165) is 31.9 Å². The summed E-state index contributed by atoms with van der Waals surface area (Å²) >= 11 is 0. The van der Waals surface area contributed by atoms with E-state index in [2.05, 4.69) is 56.6 Å². The van der Waals surface area contributed by atoms with E-state index in [0.29, 0.717) is 29.5 Å². The first-order valence-corrected chi connectivity index (χ1v) is 11.4. The van der Waals surface area contributed by atoms with Crippen LogP contribution in [0.5, 0.6) is 17.2 Å². The van der Waals surface area contributed by atoms with E-state index in [-0.39, 0.29) is 12.1 Å². The van der Waals surface area contributed by atoms with Crippen molar-refractivity contribution in [1.29, 1.82) is 0 Å². The molecule has 2 aromatic carbocycles. The Hall–Kier alpha value is -3.17. The average Bonchev–Trinajstić information content (AvgIpc) is 2.84. The van der Waals surface area contributed by atoms with E-state index in [1.165, 1.54) is 5.56 Å². The Morgan fingerprint density at radius 3 is 2.06 bits per heavy atom. The fourth-order valence-electron chi connectivity index (χ4n) is 4.10. The molecule has 1 aliphatic rings. The summed E-state index contributed by atoms with van der Waals surface area (Å²) in [6.45, 7) is 4.40. The maximum Gasteiger partial charge on any atom is 0.319 e. The summed E-state index contributed by atoms with van der Waals surface area (Å²) in [6, 6.07) is 11.7. The zero-order valence-electron chi connectivity index (χ0n) is 21.1. The number of piperazine rings is 1. The van der Waals surface area contributed by atoms with E-state index in [1.807, 2.05) is 14.1 Å². The van der Waals surface area contributed by atoms with E-state index in [9.17, 15) is 4.79 Å². The first kappa shape index (κ1) is 25.5. The summed E-state index contributed by atoms with van der Waals surface area (Å²) in [7, 11) is 10.8. The molecule has 1 heterocycles. The maximum absolute atomic E-state index is 12.8. The topological polar surface area (TPSA) is 78.5 Å². The van der Waals surface area contributed by atoms with Gasteiger partial charge < -0.3 is 34.6 Å². The summed E-state index contributed by atoms with van der Waals surface area (Å²) in [5, 5.41) is 5.94. The minimum Gasteiger partial charge on any atom is -0.493 e. The monoisotopic (exact) mass is 471 g/mol. The highest BCUT2D eigenvalue weighted by Crippen LogP contribution is 2.39. The molecule has 1 atom stereocenters. The highest BCUT2D eigenvalue weighted by molar-refractivity contribution is 5.90. The second-order valence-corrected chi connectivity index (χ2v) is 8.59. The van der Waals surface area contributed by atoms with Gasteiger partial charge in [0, 0.05) is 64.6 Å². The van der Waals surface area contributed by atoms with Crippen LogP contribution in [0.25, 0.3) is 0 Å². The third-order valence-corrected chi connectivity index (χ3v) is 6.15. The van der Waals surface area contributed by atoms with Gasteiger partial charge in [-0.15, -0.1) is 0 Å². The van der Waals surface area contributed by atoms with Gasteiger partial charge in [-0.2, -0.15) is 0 Å². The molecule has 0 aromatic heterocycles. The predicted octanol–water partition coefficient (Wildman–Crippen LogP) is 2.89. The van der Waals surface area contributed by atoms with Gasteiger partial charge in [0.15, 0.2) is 11.5 Å². The van der Waals surface area contributed by atoms with Crippen LogP contribution in [0, 0.1) is 0 Å². The lowest BCUT2D eigenvalue weighted by Gasteiger charge is -2.38. The molecule has 1 aliphatic heterocycles. The number of hydrogen-bond donors (Lipinski definition) is 2. The number of likely N-dealkylation sites (N-methyl/N-ethyl adjacent to an activating group) is 1. The van der Waals surface area contributed by atoms with Gasteiger partial charge in [-0.05, 0) is 24.7 Å². The number of urea groups is 1. The summed E-state index contributed by atoms with van der Waals surface area (Å²) in [6.07, 6.45) is 0. The van der Waals surface area contributed by atoms with Crippen LogP contribution in [-0.4, -0.2) is 91.0 Å². The molecule has 9 nitrogen and oxygen atoms in total. The number of anilines is 2. The molecule has 0 radical (unpaired) electrons. The second-order valence-electron chi connectivity index (χ2n) is 8.59. The van der Waals surface area contributed by atoms with Gasteiger partial charge in [0.1, 0.15) is 0 Å². The number of carbonyl (C=O) groups excluding carboxylic acids is 1. The van der Waals surface area contributed by atoms with Crippen molar-refractivity contribution in [3.63, 3.8) is 0 Å². The number of ether oxygens (including phenoxy) is 3. The molecule has 3 rings (SSSR count). The molecule has 1 unspecified atom stereocenters. The van der Waals surface area contributed by atoms with E-state index >= 15 is 0 Å². The summed E-state index contributed by atoms with van der Waals surface area (Å²) < 4.78 is 16.1. The van der Waals surface area contributed by atoms with E-state index < -0.39 is 0 Å². The van der Waals surface area contributed by atoms with Crippen molar-refractivity contribution < 1.29 is 19.0 Å². The SMILES string of the molecule is COc1cc(NC(=O)NCC(c2ccc(N(C)C)cc2)N2CCN(C)CC2)cc(OC)c1OC. The van der Waals surface area contributed by atoms with Crippen molar-refractivity contribution in [3.8, 4) is 17.2 Å². The fraction of sp³-hybridized carbons (Fsp3) is 0.480. The highest BCUT2D eigenvalue weighted by Gasteiger charge is 2.25. The number of rotatable bonds is 9. The highest BCUT2D eigenvalue weighted by atomic mass is 16.5. The molecule has 9 heteroatoms. The van der Waals surface area contributed by atoms with Gasteiger partial charge in [0.25, 0.3) is 0 Å². The molecule has 186 valence electrons. The molecule has 1 fully saturated rings. The minimum absolute atomic E-state index is 0.0793. The van der Waals surface area contributed by atoms with Gasteiger partial charge in [-0.3, -0.25) is 4.90 Å². The van der Waals surface area contributed by atoms with Crippen LogP contribution >= 0.6 is 0 Å². The van der Waals surface area contributed by atoms with Crippen LogP contribution in [0.3, 0.4) is 0 Å². The van der Waals surface area contributed by atoms with Gasteiger partial charge in [-0.25, -0.2) is 4.79 Å². The molecule has 0 bridgehead atoms. The molecule has 0 aliphatic carbocycles. The Labute approximate surface area is 202 Å². The lowest BCUT2D eigenvalue weighted by molar-refractivity contribution is 0.111. The fourth-order valence-corrected chi connectivity index (χ4v) is 4.10. The van der Waals surface area contributed by atoms with Crippen molar-refractivity contribution in [2.24, 2.45) is 0 Å². The zero-order chi connectivity index (χ0) is 24.7. The van der Waals surface area contributed by atoms with Crippen molar-refractivity contribution >= 4 is 17.4 Å². The molecule has 2 aromatic rings. The smallest absolute Gasteiger partial charge is 0.319 e. The molecule has 2 N–H and O–H groups in total. The van der Waals surface area contributed by atoms with Gasteiger partial charge in [0.05, 0.1) is 33.1 Å². The molecular weight excluding hydrogens is 434 g/mol. The molecule has 34 heavy (non-hydrogen) atoms. The Kier molecular flexibility index (Phi) is 8.84. The Bertz CT molecular complexity index is 918. The van der Waals surface area contributed by atoms with Crippen LogP contribution < -0.4 is 29.7 Å². The normalized spacial score (nSPS) is 15.4. The minimum atomic E-state index is -0.293. The van der Waals surface area contributed by atoms with Crippen molar-refractivity contribution in [2.75, 3.05) is 85.4 Å². The number of benzene rings is 2. The van der Waals surface area contributed by atoms with Crippen LogP contribution in [-0.2, 0) is 0 Å².